The van der Waals surface area contributed by atoms with Crippen molar-refractivity contribution < 1.29 is 28.6 Å². The van der Waals surface area contributed by atoms with Gasteiger partial charge in [-0.2, -0.15) is 0 Å². The Morgan fingerprint density at radius 3 is 2.10 bits per heavy atom. The third-order valence-corrected chi connectivity index (χ3v) is 4.17. The number of hydrogen-bond donors (Lipinski definition) is 1. The molecule has 0 spiro atoms. The molecule has 0 saturated heterocycles. The number of benzene rings is 2. The summed E-state index contributed by atoms with van der Waals surface area (Å²) in [4.78, 5) is 39.8. The summed E-state index contributed by atoms with van der Waals surface area (Å²) in [6.07, 6.45) is 0.856. The van der Waals surface area contributed by atoms with Crippen LogP contribution in [0.5, 0.6) is 0 Å². The van der Waals surface area contributed by atoms with E-state index >= 15 is 0 Å². The second-order valence-corrected chi connectivity index (χ2v) is 6.57. The topological polar surface area (TPSA) is 123 Å². The van der Waals surface area contributed by atoms with Crippen LogP contribution in [0.15, 0.2) is 73.2 Å². The molecule has 0 amide bonds. The van der Waals surface area contributed by atoms with Crippen LogP contribution in [0.3, 0.4) is 0 Å². The SMILES string of the molecule is N[C@@H](Cc1cn(C(=O)OCc2ccccc2)cn1)C(=O)OC(=O)OCc1ccccc1. The van der Waals surface area contributed by atoms with Crippen LogP contribution in [0.2, 0.25) is 0 Å². The van der Waals surface area contributed by atoms with Crippen molar-refractivity contribution in [3.8, 4) is 0 Å². The zero-order valence-electron chi connectivity index (χ0n) is 16.5. The molecule has 0 fully saturated rings. The molecule has 160 valence electrons. The number of carbonyl (C=O) groups is 3. The van der Waals surface area contributed by atoms with Crippen LogP contribution >= 0.6 is 0 Å². The van der Waals surface area contributed by atoms with Gasteiger partial charge >= 0.3 is 18.2 Å². The van der Waals surface area contributed by atoms with E-state index in [0.717, 1.165) is 15.7 Å². The second kappa shape index (κ2) is 10.7. The average molecular weight is 423 g/mol. The monoisotopic (exact) mass is 423 g/mol. The number of esters is 1. The number of ether oxygens (including phenoxy) is 3. The van der Waals surface area contributed by atoms with Crippen molar-refractivity contribution in [3.63, 3.8) is 0 Å². The first kappa shape index (κ1) is 21.7. The van der Waals surface area contributed by atoms with E-state index in [1.165, 1.54) is 12.5 Å². The van der Waals surface area contributed by atoms with E-state index in [4.69, 9.17) is 15.2 Å². The van der Waals surface area contributed by atoms with E-state index < -0.39 is 24.3 Å². The number of hydrogen-bond acceptors (Lipinski definition) is 8. The van der Waals surface area contributed by atoms with E-state index in [2.05, 4.69) is 9.72 Å². The van der Waals surface area contributed by atoms with Crippen molar-refractivity contribution in [1.29, 1.82) is 0 Å². The van der Waals surface area contributed by atoms with Crippen molar-refractivity contribution in [2.24, 2.45) is 5.73 Å². The van der Waals surface area contributed by atoms with Gasteiger partial charge in [-0.3, -0.25) is 0 Å². The summed E-state index contributed by atoms with van der Waals surface area (Å²) in [7, 11) is 0. The van der Waals surface area contributed by atoms with Gasteiger partial charge in [0.05, 0.1) is 5.69 Å². The summed E-state index contributed by atoms with van der Waals surface area (Å²) in [6.45, 7) is 0.0851. The molecule has 1 aromatic heterocycles. The molecule has 0 radical (unpaired) electrons. The molecule has 3 rings (SSSR count). The van der Waals surface area contributed by atoms with Gasteiger partial charge in [0, 0.05) is 12.6 Å². The van der Waals surface area contributed by atoms with Gasteiger partial charge in [0.1, 0.15) is 25.6 Å². The first-order valence-corrected chi connectivity index (χ1v) is 9.43. The third kappa shape index (κ3) is 6.79. The molecule has 1 atom stereocenters. The molecule has 0 aliphatic rings. The fourth-order valence-electron chi connectivity index (χ4n) is 2.58. The summed E-state index contributed by atoms with van der Waals surface area (Å²) in [5, 5.41) is 0. The molecule has 2 aromatic carbocycles. The Kier molecular flexibility index (Phi) is 7.50. The highest BCUT2D eigenvalue weighted by Gasteiger charge is 2.22. The summed E-state index contributed by atoms with van der Waals surface area (Å²) in [5.41, 5.74) is 7.74. The summed E-state index contributed by atoms with van der Waals surface area (Å²) in [5.74, 6) is -0.959. The van der Waals surface area contributed by atoms with Crippen LogP contribution in [0, 0.1) is 0 Å². The third-order valence-electron chi connectivity index (χ3n) is 4.17. The van der Waals surface area contributed by atoms with E-state index in [1.54, 1.807) is 24.3 Å². The number of nitrogens with zero attached hydrogens (tertiary/aromatic N) is 2. The van der Waals surface area contributed by atoms with Gasteiger partial charge in [0.15, 0.2) is 0 Å². The van der Waals surface area contributed by atoms with Crippen LogP contribution in [-0.2, 0) is 38.6 Å². The molecule has 0 bridgehead atoms. The molecule has 0 unspecified atom stereocenters. The lowest BCUT2D eigenvalue weighted by Gasteiger charge is -2.09. The maximum Gasteiger partial charge on any atom is 0.516 e. The van der Waals surface area contributed by atoms with E-state index in [0.29, 0.717) is 5.69 Å². The Balaban J connectivity index is 1.43. The maximum absolute atomic E-state index is 12.1. The zero-order chi connectivity index (χ0) is 22.1. The quantitative estimate of drug-likeness (QED) is 0.455. The predicted octanol–water partition coefficient (Wildman–Crippen LogP) is 2.82. The van der Waals surface area contributed by atoms with Gasteiger partial charge in [-0.1, -0.05) is 60.7 Å². The van der Waals surface area contributed by atoms with Crippen LogP contribution in [0.25, 0.3) is 0 Å². The molecular weight excluding hydrogens is 402 g/mol. The summed E-state index contributed by atoms with van der Waals surface area (Å²) in [6, 6.07) is 17.0. The molecule has 3 aromatic rings. The van der Waals surface area contributed by atoms with Crippen LogP contribution < -0.4 is 5.73 Å². The minimum Gasteiger partial charge on any atom is -0.444 e. The van der Waals surface area contributed by atoms with E-state index in [-0.39, 0.29) is 19.6 Å². The fourth-order valence-corrected chi connectivity index (χ4v) is 2.58. The van der Waals surface area contributed by atoms with Crippen molar-refractivity contribution in [3.05, 3.63) is 90.0 Å². The largest absolute Gasteiger partial charge is 0.516 e. The molecule has 2 N–H and O–H groups in total. The van der Waals surface area contributed by atoms with Gasteiger partial charge in [-0.05, 0) is 11.1 Å². The number of imidazole rings is 1. The second-order valence-electron chi connectivity index (χ2n) is 6.57. The predicted molar refractivity (Wildman–Crippen MR) is 109 cm³/mol. The molecule has 0 aliphatic carbocycles. The van der Waals surface area contributed by atoms with Crippen molar-refractivity contribution in [2.75, 3.05) is 0 Å². The lowest BCUT2D eigenvalue weighted by Crippen LogP contribution is -2.36. The first-order valence-electron chi connectivity index (χ1n) is 9.43. The van der Waals surface area contributed by atoms with Gasteiger partial charge in [-0.15, -0.1) is 0 Å². The Labute approximate surface area is 178 Å². The van der Waals surface area contributed by atoms with Crippen molar-refractivity contribution in [2.45, 2.75) is 25.7 Å². The lowest BCUT2D eigenvalue weighted by atomic mass is 10.2. The standard InChI is InChI=1S/C22H21N3O6/c23-19(20(26)31-22(28)30-14-17-9-5-2-6-10-17)11-18-12-25(15-24-18)21(27)29-13-16-7-3-1-4-8-16/h1-10,12,15,19H,11,13-14,23H2/t19-/m0/s1. The Morgan fingerprint density at radius 1 is 0.903 bits per heavy atom. The van der Waals surface area contributed by atoms with E-state index in [1.807, 2.05) is 36.4 Å². The molecule has 31 heavy (non-hydrogen) atoms. The molecule has 0 saturated carbocycles. The van der Waals surface area contributed by atoms with Crippen LogP contribution in [-0.4, -0.2) is 33.8 Å². The number of aromatic nitrogens is 2. The fraction of sp³-hybridized carbons (Fsp3) is 0.182. The van der Waals surface area contributed by atoms with Crippen molar-refractivity contribution in [1.82, 2.24) is 9.55 Å². The normalized spacial score (nSPS) is 11.4. The van der Waals surface area contributed by atoms with Gasteiger partial charge in [0.25, 0.3) is 0 Å². The minimum atomic E-state index is -1.16. The highest BCUT2D eigenvalue weighted by atomic mass is 16.7. The highest BCUT2D eigenvalue weighted by molar-refractivity contribution is 5.85. The molecule has 0 aliphatic heterocycles. The van der Waals surface area contributed by atoms with Crippen LogP contribution in [0.4, 0.5) is 9.59 Å². The number of nitrogens with two attached hydrogens (primary N) is 1. The Hall–Kier alpha value is -3.98. The van der Waals surface area contributed by atoms with Gasteiger partial charge < -0.3 is 19.9 Å². The van der Waals surface area contributed by atoms with Crippen molar-refractivity contribution >= 4 is 18.2 Å². The van der Waals surface area contributed by atoms with E-state index in [9.17, 15) is 14.4 Å². The molecule has 9 nitrogen and oxygen atoms in total. The Morgan fingerprint density at radius 2 is 1.48 bits per heavy atom. The molecular formula is C22H21N3O6. The maximum atomic E-state index is 12.1. The first-order chi connectivity index (χ1) is 15.0. The number of rotatable bonds is 7. The lowest BCUT2D eigenvalue weighted by molar-refractivity contribution is -0.141. The van der Waals surface area contributed by atoms with Gasteiger partial charge in [0.2, 0.25) is 0 Å². The smallest absolute Gasteiger partial charge is 0.444 e. The van der Waals surface area contributed by atoms with Crippen LogP contribution in [0.1, 0.15) is 16.8 Å². The number of carbonyl (C=O) groups excluding carboxylic acids is 3. The highest BCUT2D eigenvalue weighted by Crippen LogP contribution is 2.06. The van der Waals surface area contributed by atoms with Gasteiger partial charge in [-0.25, -0.2) is 23.9 Å². The summed E-state index contributed by atoms with van der Waals surface area (Å²) < 4.78 is 15.8. The Bertz CT molecular complexity index is 1020. The molecule has 1 heterocycles. The minimum absolute atomic E-state index is 0.0301. The summed E-state index contributed by atoms with van der Waals surface area (Å²) >= 11 is 0. The molecule has 9 heteroatoms. The zero-order valence-corrected chi connectivity index (χ0v) is 16.5. The average Bonchev–Trinajstić information content (AvgIpc) is 3.26.